The zero-order chi connectivity index (χ0) is 16.2. The molecule has 5 heteroatoms. The summed E-state index contributed by atoms with van der Waals surface area (Å²) in [4.78, 5) is 24.3. The van der Waals surface area contributed by atoms with Gasteiger partial charge in [0.05, 0.1) is 0 Å². The molecule has 1 heterocycles. The van der Waals surface area contributed by atoms with Gasteiger partial charge in [0, 0.05) is 12.5 Å². The van der Waals surface area contributed by atoms with Gasteiger partial charge < -0.3 is 4.74 Å². The van der Waals surface area contributed by atoms with E-state index in [1.807, 2.05) is 30.3 Å². The van der Waals surface area contributed by atoms with Crippen molar-refractivity contribution in [2.45, 2.75) is 45.6 Å². The lowest BCUT2D eigenvalue weighted by molar-refractivity contribution is -0.141. The molecule has 1 unspecified atom stereocenters. The van der Waals surface area contributed by atoms with Gasteiger partial charge in [-0.15, -0.1) is 0 Å². The zero-order valence-corrected chi connectivity index (χ0v) is 13.5. The summed E-state index contributed by atoms with van der Waals surface area (Å²) < 4.78 is 5.20. The van der Waals surface area contributed by atoms with Gasteiger partial charge in [0.25, 0.3) is 0 Å². The summed E-state index contributed by atoms with van der Waals surface area (Å²) in [6.45, 7) is 5.91. The highest BCUT2D eigenvalue weighted by molar-refractivity contribution is 5.82. The van der Waals surface area contributed by atoms with Gasteiger partial charge in [-0.3, -0.25) is 9.80 Å². The molecule has 0 saturated carbocycles. The van der Waals surface area contributed by atoms with Crippen LogP contribution in [0.5, 0.6) is 0 Å². The van der Waals surface area contributed by atoms with Gasteiger partial charge in [-0.25, -0.2) is 10.2 Å². The fourth-order valence-corrected chi connectivity index (χ4v) is 2.56. The average molecular weight is 304 g/mol. The van der Waals surface area contributed by atoms with Crippen molar-refractivity contribution in [3.8, 4) is 0 Å². The van der Waals surface area contributed by atoms with Gasteiger partial charge >= 0.3 is 6.09 Å². The van der Waals surface area contributed by atoms with E-state index in [0.29, 0.717) is 13.0 Å². The summed E-state index contributed by atoms with van der Waals surface area (Å²) in [7, 11) is 0. The van der Waals surface area contributed by atoms with Crippen LogP contribution in [0.3, 0.4) is 0 Å². The van der Waals surface area contributed by atoms with Crippen molar-refractivity contribution in [2.24, 2.45) is 5.92 Å². The summed E-state index contributed by atoms with van der Waals surface area (Å²) in [5.41, 5.74) is 3.13. The van der Waals surface area contributed by atoms with E-state index in [-0.39, 0.29) is 11.8 Å². The van der Waals surface area contributed by atoms with E-state index < -0.39 is 11.7 Å². The van der Waals surface area contributed by atoms with Gasteiger partial charge in [-0.05, 0) is 45.6 Å². The lowest BCUT2D eigenvalue weighted by atomic mass is 9.91. The van der Waals surface area contributed by atoms with E-state index in [0.717, 1.165) is 18.4 Å². The molecule has 0 bridgehead atoms. The number of hydrogen-bond acceptors (Lipinski definition) is 3. The molecule has 22 heavy (non-hydrogen) atoms. The Bertz CT molecular complexity index is 522. The van der Waals surface area contributed by atoms with Crippen LogP contribution in [0.4, 0.5) is 4.79 Å². The monoisotopic (exact) mass is 304 g/mol. The molecule has 0 aliphatic carbocycles. The molecular weight excluding hydrogens is 280 g/mol. The van der Waals surface area contributed by atoms with Gasteiger partial charge in [-0.2, -0.15) is 0 Å². The number of carbonyl (C=O) groups excluding carboxylic acids is 2. The average Bonchev–Trinajstić information content (AvgIpc) is 2.42. The zero-order valence-electron chi connectivity index (χ0n) is 13.5. The summed E-state index contributed by atoms with van der Waals surface area (Å²) in [5, 5.41) is 1.39. The number of hydrazine groups is 1. The predicted octanol–water partition coefficient (Wildman–Crippen LogP) is 2.91. The Morgan fingerprint density at radius 1 is 1.32 bits per heavy atom. The summed E-state index contributed by atoms with van der Waals surface area (Å²) in [6, 6.07) is 9.95. The minimum absolute atomic E-state index is 0.0408. The molecule has 2 rings (SSSR count). The molecule has 1 N–H and O–H groups in total. The van der Waals surface area contributed by atoms with Crippen LogP contribution in [0.15, 0.2) is 30.3 Å². The first-order valence-corrected chi connectivity index (χ1v) is 7.70. The molecule has 0 aromatic heterocycles. The highest BCUT2D eigenvalue weighted by atomic mass is 16.6. The Kier molecular flexibility index (Phi) is 5.06. The SMILES string of the molecule is CC(C)(C)OC(=O)NN1CCCC(Cc2ccccc2)C1=O. The number of rotatable bonds is 3. The first-order chi connectivity index (χ1) is 10.3. The normalized spacial score (nSPS) is 19.0. The second-order valence-corrected chi connectivity index (χ2v) is 6.63. The molecule has 1 atom stereocenters. The van der Waals surface area contributed by atoms with E-state index in [1.54, 1.807) is 20.8 Å². The number of hydrogen-bond donors (Lipinski definition) is 1. The quantitative estimate of drug-likeness (QED) is 0.934. The first-order valence-electron chi connectivity index (χ1n) is 7.70. The molecule has 1 aromatic carbocycles. The van der Waals surface area contributed by atoms with E-state index >= 15 is 0 Å². The number of carbonyl (C=O) groups is 2. The molecule has 2 amide bonds. The van der Waals surface area contributed by atoms with Gasteiger partial charge in [-0.1, -0.05) is 30.3 Å². The number of piperidine rings is 1. The van der Waals surface area contributed by atoms with Crippen molar-refractivity contribution in [2.75, 3.05) is 6.54 Å². The lowest BCUT2D eigenvalue weighted by Crippen LogP contribution is -2.53. The Balaban J connectivity index is 1.94. The highest BCUT2D eigenvalue weighted by Gasteiger charge is 2.30. The Hall–Kier alpha value is -2.04. The number of benzene rings is 1. The fraction of sp³-hybridized carbons (Fsp3) is 0.529. The third-order valence-electron chi connectivity index (χ3n) is 3.50. The van der Waals surface area contributed by atoms with Gasteiger partial charge in [0.15, 0.2) is 0 Å². The van der Waals surface area contributed by atoms with Crippen molar-refractivity contribution >= 4 is 12.0 Å². The number of nitrogens with zero attached hydrogens (tertiary/aromatic N) is 1. The first kappa shape index (κ1) is 16.3. The molecule has 0 radical (unpaired) electrons. The standard InChI is InChI=1S/C17H24N2O3/c1-17(2,3)22-16(21)18-19-11-7-10-14(15(19)20)12-13-8-5-4-6-9-13/h4-6,8-9,14H,7,10-12H2,1-3H3,(H,18,21). The Morgan fingerprint density at radius 2 is 2.00 bits per heavy atom. The number of amides is 2. The summed E-state index contributed by atoms with van der Waals surface area (Å²) >= 11 is 0. The van der Waals surface area contributed by atoms with E-state index in [2.05, 4.69) is 5.43 Å². The predicted molar refractivity (Wildman–Crippen MR) is 84.0 cm³/mol. The van der Waals surface area contributed by atoms with Crippen LogP contribution in [0.1, 0.15) is 39.2 Å². The van der Waals surface area contributed by atoms with Crippen molar-refractivity contribution in [1.82, 2.24) is 10.4 Å². The number of ether oxygens (including phenoxy) is 1. The van der Waals surface area contributed by atoms with Gasteiger partial charge in [0.2, 0.25) is 5.91 Å². The van der Waals surface area contributed by atoms with E-state index in [4.69, 9.17) is 4.74 Å². The molecule has 0 spiro atoms. The Labute approximate surface area is 131 Å². The molecular formula is C17H24N2O3. The fourth-order valence-electron chi connectivity index (χ4n) is 2.56. The van der Waals surface area contributed by atoms with Crippen LogP contribution in [-0.2, 0) is 16.0 Å². The lowest BCUT2D eigenvalue weighted by Gasteiger charge is -2.33. The van der Waals surface area contributed by atoms with Crippen LogP contribution < -0.4 is 5.43 Å². The van der Waals surface area contributed by atoms with Gasteiger partial charge in [0.1, 0.15) is 5.60 Å². The smallest absolute Gasteiger partial charge is 0.426 e. The molecule has 1 fully saturated rings. The van der Waals surface area contributed by atoms with Crippen molar-refractivity contribution in [3.05, 3.63) is 35.9 Å². The van der Waals surface area contributed by atoms with E-state index in [9.17, 15) is 9.59 Å². The van der Waals surface area contributed by atoms with Crippen molar-refractivity contribution < 1.29 is 14.3 Å². The molecule has 1 aromatic rings. The minimum atomic E-state index is -0.582. The maximum Gasteiger partial charge on any atom is 0.426 e. The third-order valence-corrected chi connectivity index (χ3v) is 3.50. The molecule has 1 aliphatic rings. The van der Waals surface area contributed by atoms with Crippen LogP contribution in [0, 0.1) is 5.92 Å². The van der Waals surface area contributed by atoms with Crippen molar-refractivity contribution in [3.63, 3.8) is 0 Å². The van der Waals surface area contributed by atoms with Crippen LogP contribution in [-0.4, -0.2) is 29.2 Å². The number of nitrogens with one attached hydrogen (secondary N) is 1. The molecule has 5 nitrogen and oxygen atoms in total. The highest BCUT2D eigenvalue weighted by Crippen LogP contribution is 2.21. The molecule has 1 aliphatic heterocycles. The molecule has 1 saturated heterocycles. The topological polar surface area (TPSA) is 58.6 Å². The maximum atomic E-state index is 12.5. The summed E-state index contributed by atoms with van der Waals surface area (Å²) in [6.07, 6.45) is 1.84. The van der Waals surface area contributed by atoms with E-state index in [1.165, 1.54) is 5.01 Å². The minimum Gasteiger partial charge on any atom is -0.443 e. The van der Waals surface area contributed by atoms with Crippen LogP contribution in [0.25, 0.3) is 0 Å². The van der Waals surface area contributed by atoms with Crippen LogP contribution >= 0.6 is 0 Å². The molecule has 120 valence electrons. The van der Waals surface area contributed by atoms with Crippen LogP contribution in [0.2, 0.25) is 0 Å². The Morgan fingerprint density at radius 3 is 2.64 bits per heavy atom. The summed E-state index contributed by atoms with van der Waals surface area (Å²) in [5.74, 6) is -0.132. The maximum absolute atomic E-state index is 12.5. The second kappa shape index (κ2) is 6.81. The largest absolute Gasteiger partial charge is 0.443 e. The second-order valence-electron chi connectivity index (χ2n) is 6.63. The van der Waals surface area contributed by atoms with Crippen molar-refractivity contribution in [1.29, 1.82) is 0 Å². The third kappa shape index (κ3) is 4.76.